The first kappa shape index (κ1) is 15.7. The van der Waals surface area contributed by atoms with Crippen LogP contribution in [0.3, 0.4) is 0 Å². The van der Waals surface area contributed by atoms with Crippen molar-refractivity contribution in [1.82, 2.24) is 4.98 Å². The molecule has 0 aliphatic heterocycles. The Morgan fingerprint density at radius 3 is 3.04 bits per heavy atom. The number of pyridine rings is 1. The zero-order chi connectivity index (χ0) is 16.6. The van der Waals surface area contributed by atoms with Gasteiger partial charge in [-0.15, -0.1) is 11.3 Å². The van der Waals surface area contributed by atoms with Crippen molar-refractivity contribution >= 4 is 38.9 Å². The molecule has 0 aromatic carbocycles. The van der Waals surface area contributed by atoms with Gasteiger partial charge in [-0.2, -0.15) is 0 Å². The molecule has 2 heterocycles. The minimum absolute atomic E-state index is 0.0655. The van der Waals surface area contributed by atoms with E-state index >= 15 is 0 Å². The van der Waals surface area contributed by atoms with Gasteiger partial charge in [-0.1, -0.05) is 6.92 Å². The Balaban J connectivity index is 1.93. The van der Waals surface area contributed by atoms with Gasteiger partial charge in [0.15, 0.2) is 0 Å². The van der Waals surface area contributed by atoms with Gasteiger partial charge >= 0.3 is 11.7 Å². The smallest absolute Gasteiger partial charge is 0.311 e. The van der Waals surface area contributed by atoms with Crippen LogP contribution < -0.4 is 5.32 Å². The summed E-state index contributed by atoms with van der Waals surface area (Å²) in [5, 5.41) is 25.8. The summed E-state index contributed by atoms with van der Waals surface area (Å²) >= 11 is 1.40. The summed E-state index contributed by atoms with van der Waals surface area (Å²) < 4.78 is 0.739. The maximum atomic E-state index is 11.6. The third-order valence-corrected chi connectivity index (χ3v) is 5.66. The van der Waals surface area contributed by atoms with E-state index in [9.17, 15) is 20.0 Å². The molecule has 1 saturated carbocycles. The number of hydrogen-bond donors (Lipinski definition) is 2. The highest BCUT2D eigenvalue weighted by molar-refractivity contribution is 7.17. The zero-order valence-electron chi connectivity index (χ0n) is 12.6. The summed E-state index contributed by atoms with van der Waals surface area (Å²) in [6, 6.07) is 1.73. The lowest BCUT2D eigenvalue weighted by molar-refractivity contribution is -0.384. The number of thiophene rings is 1. The topological polar surface area (TPSA) is 105 Å². The van der Waals surface area contributed by atoms with Crippen molar-refractivity contribution in [1.29, 1.82) is 0 Å². The van der Waals surface area contributed by atoms with Crippen molar-refractivity contribution in [3.8, 4) is 0 Å². The van der Waals surface area contributed by atoms with E-state index in [0.29, 0.717) is 36.9 Å². The summed E-state index contributed by atoms with van der Waals surface area (Å²) in [4.78, 5) is 26.5. The average Bonchev–Trinajstić information content (AvgIpc) is 3.14. The third-order valence-electron chi connectivity index (χ3n) is 4.74. The molecule has 1 aliphatic rings. The molecule has 23 heavy (non-hydrogen) atoms. The highest BCUT2D eigenvalue weighted by Gasteiger charge is 2.44. The highest BCUT2D eigenvalue weighted by Crippen LogP contribution is 2.44. The van der Waals surface area contributed by atoms with E-state index < -0.39 is 16.3 Å². The second-order valence-corrected chi connectivity index (χ2v) is 6.85. The van der Waals surface area contributed by atoms with Crippen LogP contribution in [0, 0.1) is 15.5 Å². The van der Waals surface area contributed by atoms with Gasteiger partial charge in [0, 0.05) is 6.04 Å². The van der Waals surface area contributed by atoms with Crippen molar-refractivity contribution in [3.63, 3.8) is 0 Å². The lowest BCUT2D eigenvalue weighted by atomic mass is 9.83. The Labute approximate surface area is 136 Å². The molecule has 0 amide bonds. The first-order chi connectivity index (χ1) is 11.0. The summed E-state index contributed by atoms with van der Waals surface area (Å²) in [6.07, 6.45) is 3.57. The van der Waals surface area contributed by atoms with Crippen LogP contribution in [0.25, 0.3) is 10.2 Å². The number of nitrogens with one attached hydrogen (secondary N) is 1. The van der Waals surface area contributed by atoms with Crippen molar-refractivity contribution in [2.75, 3.05) is 5.32 Å². The average molecular weight is 335 g/mol. The van der Waals surface area contributed by atoms with E-state index in [1.165, 1.54) is 17.5 Å². The number of aliphatic carboxylic acids is 1. The largest absolute Gasteiger partial charge is 0.481 e. The molecule has 8 heteroatoms. The predicted molar refractivity (Wildman–Crippen MR) is 87.9 cm³/mol. The van der Waals surface area contributed by atoms with Crippen LogP contribution in [0.2, 0.25) is 0 Å². The number of hydrogen-bond acceptors (Lipinski definition) is 6. The van der Waals surface area contributed by atoms with Gasteiger partial charge in [-0.3, -0.25) is 14.9 Å². The Kier molecular flexibility index (Phi) is 3.93. The molecule has 7 nitrogen and oxygen atoms in total. The Morgan fingerprint density at radius 2 is 2.43 bits per heavy atom. The maximum Gasteiger partial charge on any atom is 0.311 e. The number of carbonyl (C=O) groups is 1. The molecule has 0 saturated heterocycles. The predicted octanol–water partition coefficient (Wildman–Crippen LogP) is 3.65. The number of aromatic nitrogens is 1. The van der Waals surface area contributed by atoms with Crippen molar-refractivity contribution in [3.05, 3.63) is 27.8 Å². The molecule has 0 spiro atoms. The molecule has 2 N–H and O–H groups in total. The monoisotopic (exact) mass is 335 g/mol. The molecule has 2 atom stereocenters. The number of nitrogens with zero attached hydrogens (tertiary/aromatic N) is 2. The van der Waals surface area contributed by atoms with E-state index in [-0.39, 0.29) is 11.7 Å². The molecule has 3 rings (SSSR count). The van der Waals surface area contributed by atoms with Crippen molar-refractivity contribution in [2.24, 2.45) is 5.41 Å². The Morgan fingerprint density at radius 1 is 1.65 bits per heavy atom. The number of nitro groups is 1. The number of anilines is 1. The van der Waals surface area contributed by atoms with Gasteiger partial charge in [0.05, 0.1) is 20.6 Å². The summed E-state index contributed by atoms with van der Waals surface area (Å²) in [5.41, 5.74) is 0.372. The standard InChI is InChI=1S/C15H17N3O4S/c1-2-15(14(19)20)5-3-9(7-15)17-12-11(18(21)22)8-16-10-4-6-23-13(10)12/h4,6,8-9H,2-3,5,7H2,1H3,(H,16,17)(H,19,20)/t9-,15+/m0/s1. The molecule has 122 valence electrons. The van der Waals surface area contributed by atoms with Crippen LogP contribution in [-0.2, 0) is 4.79 Å². The van der Waals surface area contributed by atoms with Crippen LogP contribution in [-0.4, -0.2) is 27.0 Å². The molecule has 1 aliphatic carbocycles. The van der Waals surface area contributed by atoms with Crippen LogP contribution in [0.4, 0.5) is 11.4 Å². The molecule has 0 bridgehead atoms. The van der Waals surface area contributed by atoms with E-state index in [2.05, 4.69) is 10.3 Å². The van der Waals surface area contributed by atoms with Crippen LogP contribution in [0.15, 0.2) is 17.6 Å². The van der Waals surface area contributed by atoms with Crippen molar-refractivity contribution in [2.45, 2.75) is 38.6 Å². The van der Waals surface area contributed by atoms with E-state index in [1.54, 1.807) is 0 Å². The molecule has 1 fully saturated rings. The van der Waals surface area contributed by atoms with E-state index in [4.69, 9.17) is 0 Å². The minimum atomic E-state index is -0.783. The van der Waals surface area contributed by atoms with Gasteiger partial charge in [0.25, 0.3) is 0 Å². The number of fused-ring (bicyclic) bond motifs is 1. The van der Waals surface area contributed by atoms with Crippen LogP contribution >= 0.6 is 11.3 Å². The zero-order valence-corrected chi connectivity index (χ0v) is 13.4. The van der Waals surface area contributed by atoms with Gasteiger partial charge in [-0.05, 0) is 37.1 Å². The first-order valence-corrected chi connectivity index (χ1v) is 8.35. The molecular formula is C15H17N3O4S. The SMILES string of the molecule is CC[C@@]1(C(=O)O)CC[C@H](Nc2c([N+](=O)[O-])cnc3ccsc23)C1. The Hall–Kier alpha value is -2.22. The van der Waals surface area contributed by atoms with Crippen LogP contribution in [0.1, 0.15) is 32.6 Å². The maximum absolute atomic E-state index is 11.6. The Bertz CT molecular complexity index is 775. The molecule has 2 aromatic rings. The molecular weight excluding hydrogens is 318 g/mol. The number of rotatable bonds is 5. The fourth-order valence-electron chi connectivity index (χ4n) is 3.30. The van der Waals surface area contributed by atoms with Gasteiger partial charge in [0.1, 0.15) is 11.9 Å². The van der Waals surface area contributed by atoms with Crippen LogP contribution in [0.5, 0.6) is 0 Å². The summed E-state index contributed by atoms with van der Waals surface area (Å²) in [6.45, 7) is 1.88. The fraction of sp³-hybridized carbons (Fsp3) is 0.467. The van der Waals surface area contributed by atoms with E-state index in [1.807, 2.05) is 18.4 Å². The quantitative estimate of drug-likeness (QED) is 0.638. The molecule has 0 unspecified atom stereocenters. The molecule has 0 radical (unpaired) electrons. The number of carboxylic acids is 1. The highest BCUT2D eigenvalue weighted by atomic mass is 32.1. The van der Waals surface area contributed by atoms with Gasteiger partial charge in [-0.25, -0.2) is 4.98 Å². The second-order valence-electron chi connectivity index (χ2n) is 5.93. The normalized spacial score (nSPS) is 24.0. The lowest BCUT2D eigenvalue weighted by Gasteiger charge is -2.22. The first-order valence-electron chi connectivity index (χ1n) is 7.47. The fourth-order valence-corrected chi connectivity index (χ4v) is 4.16. The second kappa shape index (κ2) is 5.77. The minimum Gasteiger partial charge on any atom is -0.481 e. The van der Waals surface area contributed by atoms with Gasteiger partial charge < -0.3 is 10.4 Å². The summed E-state index contributed by atoms with van der Waals surface area (Å²) in [5.74, 6) is -0.783. The number of carboxylic acid groups (broad SMARTS) is 1. The van der Waals surface area contributed by atoms with E-state index in [0.717, 1.165) is 4.70 Å². The third kappa shape index (κ3) is 2.63. The van der Waals surface area contributed by atoms with Gasteiger partial charge in [0.2, 0.25) is 0 Å². The van der Waals surface area contributed by atoms with Crippen molar-refractivity contribution < 1.29 is 14.8 Å². The lowest BCUT2D eigenvalue weighted by Crippen LogP contribution is -2.29. The molecule has 2 aromatic heterocycles. The summed E-state index contributed by atoms with van der Waals surface area (Å²) in [7, 11) is 0.